The molecule has 1 N–H and O–H groups in total. The number of hydrogen-bond acceptors (Lipinski definition) is 2. The molecule has 0 saturated carbocycles. The number of para-hydroxylation sites is 1. The molecule has 4 nitrogen and oxygen atoms in total. The smallest absolute Gasteiger partial charge is 0.342 e. The first-order valence-electron chi connectivity index (χ1n) is 9.22. The maximum Gasteiger partial charge on any atom is 0.406 e. The minimum atomic E-state index is -4.77. The van der Waals surface area contributed by atoms with Gasteiger partial charge in [0, 0.05) is 22.1 Å². The Morgan fingerprint density at radius 1 is 1.07 bits per heavy atom. The van der Waals surface area contributed by atoms with Gasteiger partial charge in [-0.15, -0.1) is 0 Å². The van der Waals surface area contributed by atoms with Gasteiger partial charge in [-0.25, -0.2) is 8.42 Å². The van der Waals surface area contributed by atoms with Crippen LogP contribution in [0.15, 0.2) is 45.8 Å². The van der Waals surface area contributed by atoms with Gasteiger partial charge in [0.25, 0.3) is 0 Å². The summed E-state index contributed by atoms with van der Waals surface area (Å²) in [5, 5.41) is 0.774. The summed E-state index contributed by atoms with van der Waals surface area (Å²) in [6, 6.07) is 8.11. The molecule has 1 heterocycles. The topological polar surface area (TPSA) is 51.1 Å². The Hall–Kier alpha value is -1.84. The van der Waals surface area contributed by atoms with Gasteiger partial charge < -0.3 is 4.57 Å². The molecule has 0 aliphatic rings. The molecule has 3 rings (SSSR count). The summed E-state index contributed by atoms with van der Waals surface area (Å²) in [6.45, 7) is 6.09. The number of benzene rings is 2. The van der Waals surface area contributed by atoms with Gasteiger partial charge in [0.1, 0.15) is 6.04 Å². The summed E-state index contributed by atoms with van der Waals surface area (Å²) in [5.74, 6) is 0. The minimum Gasteiger partial charge on any atom is -0.342 e. The fourth-order valence-corrected chi connectivity index (χ4v) is 6.14. The van der Waals surface area contributed by atoms with Crippen LogP contribution in [0.3, 0.4) is 0 Å². The Bertz CT molecular complexity index is 1190. The lowest BCUT2D eigenvalue weighted by Gasteiger charge is -2.24. The summed E-state index contributed by atoms with van der Waals surface area (Å²) in [5.41, 5.74) is 2.85. The predicted molar refractivity (Wildman–Crippen MR) is 115 cm³/mol. The van der Waals surface area contributed by atoms with Crippen LogP contribution in [0.5, 0.6) is 0 Å². The van der Waals surface area contributed by atoms with Gasteiger partial charge in [-0.1, -0.05) is 29.8 Å². The number of hydrogen-bond donors (Lipinski definition) is 1. The largest absolute Gasteiger partial charge is 0.406 e. The van der Waals surface area contributed by atoms with E-state index in [-0.39, 0.29) is 4.90 Å². The standard InChI is InChI=1S/C21H22BrF3N2O2S/c1-12-8-13(2)20(14(3)9-12)30(28,29)26-18(21(23,24)25)11-27-15(4)10-16-6-5-7-17(22)19(16)27/h5-10,18,26H,11H2,1-4H3. The van der Waals surface area contributed by atoms with E-state index in [0.29, 0.717) is 26.8 Å². The third-order valence-corrected chi connectivity index (χ3v) is 7.43. The molecule has 3 aromatic rings. The van der Waals surface area contributed by atoms with Gasteiger partial charge >= 0.3 is 6.18 Å². The Kier molecular flexibility index (Phi) is 6.10. The molecule has 0 radical (unpaired) electrons. The first-order valence-corrected chi connectivity index (χ1v) is 11.5. The van der Waals surface area contributed by atoms with Crippen LogP contribution < -0.4 is 4.72 Å². The van der Waals surface area contributed by atoms with Gasteiger partial charge in [-0.2, -0.15) is 17.9 Å². The summed E-state index contributed by atoms with van der Waals surface area (Å²) in [6.07, 6.45) is -4.77. The van der Waals surface area contributed by atoms with Crippen LogP contribution in [0, 0.1) is 27.7 Å². The Morgan fingerprint density at radius 2 is 1.67 bits per heavy atom. The number of rotatable bonds is 5. The second kappa shape index (κ2) is 8.01. The normalized spacial score (nSPS) is 13.7. The summed E-state index contributed by atoms with van der Waals surface area (Å²) >= 11 is 3.38. The molecule has 9 heteroatoms. The molecule has 1 aromatic heterocycles. The first kappa shape index (κ1) is 22.8. The van der Waals surface area contributed by atoms with E-state index in [0.717, 1.165) is 10.9 Å². The minimum absolute atomic E-state index is 0.113. The van der Waals surface area contributed by atoms with Crippen molar-refractivity contribution in [2.75, 3.05) is 0 Å². The van der Waals surface area contributed by atoms with E-state index >= 15 is 0 Å². The second-order valence-corrected chi connectivity index (χ2v) is 10.0. The quantitative estimate of drug-likeness (QED) is 0.497. The average molecular weight is 503 g/mol. The molecule has 162 valence electrons. The highest BCUT2D eigenvalue weighted by Crippen LogP contribution is 2.31. The summed E-state index contributed by atoms with van der Waals surface area (Å²) < 4.78 is 71.7. The summed E-state index contributed by atoms with van der Waals surface area (Å²) in [7, 11) is -4.40. The number of sulfonamides is 1. The molecule has 0 bridgehead atoms. The molecule has 0 saturated heterocycles. The molecular weight excluding hydrogens is 481 g/mol. The zero-order chi connectivity index (χ0) is 22.4. The molecule has 0 spiro atoms. The second-order valence-electron chi connectivity index (χ2n) is 7.52. The van der Waals surface area contributed by atoms with Crippen molar-refractivity contribution in [1.82, 2.24) is 9.29 Å². The number of halogens is 4. The van der Waals surface area contributed by atoms with Crippen molar-refractivity contribution >= 4 is 36.9 Å². The lowest BCUT2D eigenvalue weighted by atomic mass is 10.1. The van der Waals surface area contributed by atoms with Gasteiger partial charge in [-0.3, -0.25) is 0 Å². The highest BCUT2D eigenvalue weighted by molar-refractivity contribution is 9.10. The van der Waals surface area contributed by atoms with Crippen molar-refractivity contribution in [2.45, 2.75) is 51.4 Å². The highest BCUT2D eigenvalue weighted by Gasteiger charge is 2.43. The first-order chi connectivity index (χ1) is 13.8. The maximum atomic E-state index is 13.9. The molecule has 1 unspecified atom stereocenters. The maximum absolute atomic E-state index is 13.9. The van der Waals surface area contributed by atoms with E-state index in [9.17, 15) is 21.6 Å². The van der Waals surface area contributed by atoms with Crippen molar-refractivity contribution < 1.29 is 21.6 Å². The SMILES string of the molecule is Cc1cc(C)c(S(=O)(=O)NC(Cn2c(C)cc3cccc(Br)c32)C(F)(F)F)c(C)c1. The Morgan fingerprint density at radius 3 is 2.23 bits per heavy atom. The van der Waals surface area contributed by atoms with E-state index < -0.39 is 28.8 Å². The van der Waals surface area contributed by atoms with Crippen molar-refractivity contribution in [3.8, 4) is 0 Å². The molecule has 1 atom stereocenters. The average Bonchev–Trinajstić information content (AvgIpc) is 2.88. The third kappa shape index (κ3) is 4.43. The number of nitrogens with one attached hydrogen (secondary N) is 1. The third-order valence-electron chi connectivity index (χ3n) is 5.01. The van der Waals surface area contributed by atoms with Crippen molar-refractivity contribution in [3.05, 3.63) is 63.3 Å². The van der Waals surface area contributed by atoms with Crippen LogP contribution in [0.25, 0.3) is 10.9 Å². The summed E-state index contributed by atoms with van der Waals surface area (Å²) in [4.78, 5) is -0.113. The van der Waals surface area contributed by atoms with E-state index in [4.69, 9.17) is 0 Å². The monoisotopic (exact) mass is 502 g/mol. The number of nitrogens with zero attached hydrogens (tertiary/aromatic N) is 1. The van der Waals surface area contributed by atoms with Gasteiger partial charge in [0.2, 0.25) is 10.0 Å². The fraction of sp³-hybridized carbons (Fsp3) is 0.333. The van der Waals surface area contributed by atoms with Crippen LogP contribution in [0.2, 0.25) is 0 Å². The van der Waals surface area contributed by atoms with E-state index in [1.54, 1.807) is 64.1 Å². The van der Waals surface area contributed by atoms with E-state index in [2.05, 4.69) is 15.9 Å². The van der Waals surface area contributed by atoms with Crippen molar-refractivity contribution in [1.29, 1.82) is 0 Å². The Balaban J connectivity index is 2.05. The van der Waals surface area contributed by atoms with Gasteiger partial charge in [0.15, 0.2) is 0 Å². The van der Waals surface area contributed by atoms with E-state index in [1.807, 2.05) is 4.72 Å². The lowest BCUT2D eigenvalue weighted by Crippen LogP contribution is -2.48. The number of aryl methyl sites for hydroxylation is 4. The molecular formula is C21H22BrF3N2O2S. The molecule has 30 heavy (non-hydrogen) atoms. The zero-order valence-electron chi connectivity index (χ0n) is 16.9. The van der Waals surface area contributed by atoms with Crippen LogP contribution >= 0.6 is 15.9 Å². The predicted octanol–water partition coefficient (Wildman–Crippen LogP) is 5.55. The zero-order valence-corrected chi connectivity index (χ0v) is 19.3. The van der Waals surface area contributed by atoms with E-state index in [1.165, 1.54) is 4.57 Å². The van der Waals surface area contributed by atoms with Crippen molar-refractivity contribution in [3.63, 3.8) is 0 Å². The number of fused-ring (bicyclic) bond motifs is 1. The molecule has 0 aliphatic heterocycles. The molecule has 0 amide bonds. The van der Waals surface area contributed by atoms with Crippen LogP contribution in [-0.2, 0) is 16.6 Å². The lowest BCUT2D eigenvalue weighted by molar-refractivity contribution is -0.154. The van der Waals surface area contributed by atoms with Crippen molar-refractivity contribution in [2.24, 2.45) is 0 Å². The van der Waals surface area contributed by atoms with Crippen LogP contribution in [0.4, 0.5) is 13.2 Å². The number of aromatic nitrogens is 1. The highest BCUT2D eigenvalue weighted by atomic mass is 79.9. The Labute approximate surface area is 182 Å². The van der Waals surface area contributed by atoms with Crippen LogP contribution in [-0.4, -0.2) is 25.2 Å². The number of alkyl halides is 3. The molecule has 0 aliphatic carbocycles. The van der Waals surface area contributed by atoms with Gasteiger partial charge in [-0.05, 0) is 66.9 Å². The molecule has 2 aromatic carbocycles. The fourth-order valence-electron chi connectivity index (χ4n) is 3.87. The van der Waals surface area contributed by atoms with Crippen LogP contribution in [0.1, 0.15) is 22.4 Å². The molecule has 0 fully saturated rings. The van der Waals surface area contributed by atoms with Gasteiger partial charge in [0.05, 0.1) is 10.4 Å².